The van der Waals surface area contributed by atoms with E-state index in [0.29, 0.717) is 44.5 Å². The van der Waals surface area contributed by atoms with E-state index in [1.807, 2.05) is 49.4 Å². The molecule has 0 radical (unpaired) electrons. The number of thioether (sulfide) groups is 1. The number of carbonyl (C=O) groups is 1. The lowest BCUT2D eigenvalue weighted by Gasteiger charge is -2.14. The zero-order valence-corrected chi connectivity index (χ0v) is 20.5. The Morgan fingerprint density at radius 3 is 2.56 bits per heavy atom. The first kappa shape index (κ1) is 23.7. The Bertz CT molecular complexity index is 1270. The Morgan fingerprint density at radius 1 is 1.06 bits per heavy atom. The van der Waals surface area contributed by atoms with Crippen molar-refractivity contribution in [2.45, 2.75) is 13.5 Å². The number of nitrogens with one attached hydrogen (secondary N) is 1. The molecule has 0 aliphatic carbocycles. The van der Waals surface area contributed by atoms with Crippen LogP contribution >= 0.6 is 23.4 Å². The highest BCUT2D eigenvalue weighted by Crippen LogP contribution is 2.38. The summed E-state index contributed by atoms with van der Waals surface area (Å²) in [6.07, 6.45) is 1.75. The molecule has 1 saturated heterocycles. The third-order valence-corrected chi connectivity index (χ3v) is 6.16. The standard InChI is InChI=1S/C26H23ClN2O4S/c1-16-5-4-6-17(11-16)15-33-24-21(27)12-18(13-22(24)32-3)14-23-25(30)29-26(34-23)28-19-7-9-20(31-2)10-8-19/h4-14H,15H2,1-3H3,(H,28,29,30)/b23-14+. The number of halogens is 1. The molecule has 0 atom stereocenters. The SMILES string of the molecule is COc1ccc(N=C2NC(=O)/C(=C\c3cc(Cl)c(OCc4cccc(C)c4)c(OC)c3)S2)cc1. The lowest BCUT2D eigenvalue weighted by atomic mass is 10.1. The number of hydrogen-bond acceptors (Lipinski definition) is 6. The summed E-state index contributed by atoms with van der Waals surface area (Å²) < 4.78 is 16.6. The topological polar surface area (TPSA) is 69.2 Å². The Hall–Kier alpha value is -3.42. The minimum atomic E-state index is -0.230. The fourth-order valence-corrected chi connectivity index (χ4v) is 4.44. The third kappa shape index (κ3) is 5.73. The van der Waals surface area contributed by atoms with Gasteiger partial charge in [0.15, 0.2) is 16.7 Å². The number of rotatable bonds is 7. The molecule has 0 aromatic heterocycles. The molecule has 1 aliphatic rings. The number of carbonyl (C=O) groups excluding carboxylic acids is 1. The molecule has 8 heteroatoms. The van der Waals surface area contributed by atoms with E-state index in [1.54, 1.807) is 32.4 Å². The maximum atomic E-state index is 12.5. The maximum Gasteiger partial charge on any atom is 0.264 e. The van der Waals surface area contributed by atoms with E-state index in [9.17, 15) is 4.79 Å². The predicted octanol–water partition coefficient (Wildman–Crippen LogP) is 6.14. The molecule has 0 bridgehead atoms. The second kappa shape index (κ2) is 10.7. The minimum Gasteiger partial charge on any atom is -0.497 e. The number of amidine groups is 1. The summed E-state index contributed by atoms with van der Waals surface area (Å²) in [5.74, 6) is 1.46. The Labute approximate surface area is 207 Å². The van der Waals surface area contributed by atoms with Crippen molar-refractivity contribution in [3.63, 3.8) is 0 Å². The molecule has 3 aromatic carbocycles. The van der Waals surface area contributed by atoms with E-state index in [0.717, 1.165) is 16.9 Å². The second-order valence-corrected chi connectivity index (χ2v) is 8.93. The largest absolute Gasteiger partial charge is 0.497 e. The molecular weight excluding hydrogens is 472 g/mol. The summed E-state index contributed by atoms with van der Waals surface area (Å²) in [6, 6.07) is 18.9. The van der Waals surface area contributed by atoms with Gasteiger partial charge in [0.25, 0.3) is 5.91 Å². The summed E-state index contributed by atoms with van der Waals surface area (Å²) in [5, 5.41) is 3.68. The van der Waals surface area contributed by atoms with Gasteiger partial charge >= 0.3 is 0 Å². The van der Waals surface area contributed by atoms with Gasteiger partial charge in [-0.1, -0.05) is 41.4 Å². The van der Waals surface area contributed by atoms with Gasteiger partial charge < -0.3 is 19.5 Å². The first-order valence-corrected chi connectivity index (χ1v) is 11.6. The van der Waals surface area contributed by atoms with Crippen LogP contribution in [0, 0.1) is 6.92 Å². The van der Waals surface area contributed by atoms with Crippen LogP contribution in [0.25, 0.3) is 6.08 Å². The monoisotopic (exact) mass is 494 g/mol. The van der Waals surface area contributed by atoms with Crippen LogP contribution in [-0.2, 0) is 11.4 Å². The maximum absolute atomic E-state index is 12.5. The highest BCUT2D eigenvalue weighted by Gasteiger charge is 2.24. The molecule has 1 fully saturated rings. The zero-order chi connectivity index (χ0) is 24.1. The van der Waals surface area contributed by atoms with E-state index in [-0.39, 0.29) is 5.91 Å². The Balaban J connectivity index is 1.52. The van der Waals surface area contributed by atoms with Gasteiger partial charge in [0.1, 0.15) is 12.4 Å². The summed E-state index contributed by atoms with van der Waals surface area (Å²) >= 11 is 7.77. The number of aliphatic imine (C=N–C) groups is 1. The van der Waals surface area contributed by atoms with Crippen LogP contribution in [0.15, 0.2) is 70.6 Å². The molecule has 0 unspecified atom stereocenters. The fourth-order valence-electron chi connectivity index (χ4n) is 3.33. The van der Waals surface area contributed by atoms with Crippen molar-refractivity contribution < 1.29 is 19.0 Å². The number of aryl methyl sites for hydroxylation is 1. The molecule has 0 saturated carbocycles. The lowest BCUT2D eigenvalue weighted by molar-refractivity contribution is -0.115. The molecule has 6 nitrogen and oxygen atoms in total. The van der Waals surface area contributed by atoms with Crippen molar-refractivity contribution >= 4 is 46.2 Å². The van der Waals surface area contributed by atoms with Gasteiger partial charge in [-0.15, -0.1) is 0 Å². The molecule has 4 rings (SSSR count). The fraction of sp³-hybridized carbons (Fsp3) is 0.154. The van der Waals surface area contributed by atoms with Crippen molar-refractivity contribution in [1.82, 2.24) is 5.32 Å². The van der Waals surface area contributed by atoms with Gasteiger partial charge in [-0.05, 0) is 72.3 Å². The molecule has 3 aromatic rings. The molecule has 1 amide bonds. The molecule has 1 heterocycles. The summed E-state index contributed by atoms with van der Waals surface area (Å²) in [4.78, 5) is 17.5. The lowest BCUT2D eigenvalue weighted by Crippen LogP contribution is -2.19. The van der Waals surface area contributed by atoms with E-state index in [2.05, 4.69) is 16.4 Å². The van der Waals surface area contributed by atoms with Gasteiger partial charge in [-0.2, -0.15) is 0 Å². The van der Waals surface area contributed by atoms with Crippen LogP contribution < -0.4 is 19.5 Å². The number of ether oxygens (including phenoxy) is 3. The van der Waals surface area contributed by atoms with Gasteiger partial charge in [0.2, 0.25) is 0 Å². The van der Waals surface area contributed by atoms with Gasteiger partial charge in [-0.25, -0.2) is 4.99 Å². The number of amides is 1. The van der Waals surface area contributed by atoms with Gasteiger partial charge in [-0.3, -0.25) is 4.79 Å². The second-order valence-electron chi connectivity index (χ2n) is 7.49. The van der Waals surface area contributed by atoms with Crippen molar-refractivity contribution in [2.75, 3.05) is 14.2 Å². The van der Waals surface area contributed by atoms with Crippen molar-refractivity contribution in [3.8, 4) is 17.2 Å². The molecular formula is C26H23ClN2O4S. The van der Waals surface area contributed by atoms with Crippen LogP contribution in [0.4, 0.5) is 5.69 Å². The first-order chi connectivity index (χ1) is 16.4. The van der Waals surface area contributed by atoms with Crippen LogP contribution in [0.3, 0.4) is 0 Å². The average molecular weight is 495 g/mol. The van der Waals surface area contributed by atoms with Crippen LogP contribution in [0.2, 0.25) is 5.02 Å². The Morgan fingerprint density at radius 2 is 1.85 bits per heavy atom. The van der Waals surface area contributed by atoms with Crippen LogP contribution in [0.1, 0.15) is 16.7 Å². The summed E-state index contributed by atoms with van der Waals surface area (Å²) in [6.45, 7) is 2.39. The molecule has 34 heavy (non-hydrogen) atoms. The average Bonchev–Trinajstić information content (AvgIpc) is 3.16. The van der Waals surface area contributed by atoms with Crippen molar-refractivity contribution in [2.24, 2.45) is 4.99 Å². The summed E-state index contributed by atoms with van der Waals surface area (Å²) in [5.41, 5.74) is 3.62. The zero-order valence-electron chi connectivity index (χ0n) is 18.9. The van der Waals surface area contributed by atoms with Crippen LogP contribution in [0.5, 0.6) is 17.2 Å². The van der Waals surface area contributed by atoms with Gasteiger partial charge in [0.05, 0.1) is 29.8 Å². The molecule has 174 valence electrons. The highest BCUT2D eigenvalue weighted by atomic mass is 35.5. The predicted molar refractivity (Wildman–Crippen MR) is 137 cm³/mol. The summed E-state index contributed by atoms with van der Waals surface area (Å²) in [7, 11) is 3.16. The van der Waals surface area contributed by atoms with E-state index in [4.69, 9.17) is 25.8 Å². The molecule has 1 aliphatic heterocycles. The quantitative estimate of drug-likeness (QED) is 0.400. The Kier molecular flexibility index (Phi) is 7.45. The number of hydrogen-bond donors (Lipinski definition) is 1. The van der Waals surface area contributed by atoms with Crippen molar-refractivity contribution in [3.05, 3.63) is 87.3 Å². The number of methoxy groups -OCH3 is 2. The van der Waals surface area contributed by atoms with Crippen molar-refractivity contribution in [1.29, 1.82) is 0 Å². The third-order valence-electron chi connectivity index (χ3n) is 4.97. The first-order valence-electron chi connectivity index (χ1n) is 10.4. The van der Waals surface area contributed by atoms with E-state index < -0.39 is 0 Å². The highest BCUT2D eigenvalue weighted by molar-refractivity contribution is 8.18. The minimum absolute atomic E-state index is 0.230. The van der Waals surface area contributed by atoms with E-state index >= 15 is 0 Å². The van der Waals surface area contributed by atoms with Crippen LogP contribution in [-0.4, -0.2) is 25.3 Å². The number of benzene rings is 3. The van der Waals surface area contributed by atoms with Gasteiger partial charge in [0, 0.05) is 0 Å². The van der Waals surface area contributed by atoms with E-state index in [1.165, 1.54) is 11.8 Å². The normalized spacial score (nSPS) is 15.5. The molecule has 0 spiro atoms. The smallest absolute Gasteiger partial charge is 0.264 e. The molecule has 1 N–H and O–H groups in total. The number of nitrogens with zero attached hydrogens (tertiary/aromatic N) is 1.